The zero-order chi connectivity index (χ0) is 10.7. The molecule has 1 unspecified atom stereocenters. The van der Waals surface area contributed by atoms with Gasteiger partial charge in [-0.1, -0.05) is 0 Å². The molecule has 0 saturated heterocycles. The molecule has 80 valence electrons. The quantitative estimate of drug-likeness (QED) is 0.826. The van der Waals surface area contributed by atoms with Crippen LogP contribution in [0, 0.1) is 5.82 Å². The Bertz CT molecular complexity index is 361. The van der Waals surface area contributed by atoms with Crippen LogP contribution in [0.3, 0.4) is 0 Å². The Kier molecular flexibility index (Phi) is 3.28. The van der Waals surface area contributed by atoms with Crippen molar-refractivity contribution in [2.45, 2.75) is 11.8 Å². The second kappa shape index (κ2) is 4.68. The van der Waals surface area contributed by atoms with Gasteiger partial charge in [-0.05, 0) is 48.2 Å². The number of benzene rings is 1. The fourth-order valence-corrected chi connectivity index (χ4v) is 2.44. The first-order valence-electron chi connectivity index (χ1n) is 4.88. The van der Waals surface area contributed by atoms with Gasteiger partial charge in [0.1, 0.15) is 5.82 Å². The van der Waals surface area contributed by atoms with Crippen molar-refractivity contribution >= 4 is 17.5 Å². The highest BCUT2D eigenvalue weighted by Crippen LogP contribution is 2.28. The Hall–Kier alpha value is -1.000. The van der Waals surface area contributed by atoms with Gasteiger partial charge in [-0.3, -0.25) is 0 Å². The Morgan fingerprint density at radius 1 is 1.33 bits per heavy atom. The highest BCUT2D eigenvalue weighted by atomic mass is 32.2. The Balaban J connectivity index is 2.04. The van der Waals surface area contributed by atoms with Crippen LogP contribution in [0.5, 0.6) is 0 Å². The fraction of sp³-hybridized carbons (Fsp3) is 0.273. The molecule has 0 saturated carbocycles. The van der Waals surface area contributed by atoms with Crippen molar-refractivity contribution in [2.75, 3.05) is 6.54 Å². The largest absolute Gasteiger partial charge is 0.372 e. The third-order valence-corrected chi connectivity index (χ3v) is 3.30. The predicted molar refractivity (Wildman–Crippen MR) is 62.6 cm³/mol. The molecule has 0 fully saturated rings. The van der Waals surface area contributed by atoms with Crippen molar-refractivity contribution in [3.8, 4) is 0 Å². The second-order valence-electron chi connectivity index (χ2n) is 3.38. The molecule has 1 aromatic carbocycles. The number of hydrogen-bond donors (Lipinski definition) is 2. The maximum absolute atomic E-state index is 12.7. The van der Waals surface area contributed by atoms with Crippen molar-refractivity contribution < 1.29 is 4.39 Å². The van der Waals surface area contributed by atoms with E-state index in [2.05, 4.69) is 10.7 Å². The zero-order valence-electron chi connectivity index (χ0n) is 8.24. The van der Waals surface area contributed by atoms with Crippen molar-refractivity contribution in [3.05, 3.63) is 41.1 Å². The van der Waals surface area contributed by atoms with Gasteiger partial charge >= 0.3 is 0 Å². The number of rotatable bonds is 3. The van der Waals surface area contributed by atoms with Crippen LogP contribution >= 0.6 is 11.8 Å². The van der Waals surface area contributed by atoms with Gasteiger partial charge in [0.2, 0.25) is 0 Å². The smallest absolute Gasteiger partial charge is 0.123 e. The van der Waals surface area contributed by atoms with Crippen molar-refractivity contribution in [1.29, 1.82) is 0 Å². The predicted octanol–water partition coefficient (Wildman–Crippen LogP) is 2.14. The third kappa shape index (κ3) is 2.52. The molecule has 1 atom stereocenters. The number of thioether (sulfide) groups is 1. The minimum Gasteiger partial charge on any atom is -0.372 e. The van der Waals surface area contributed by atoms with E-state index in [4.69, 9.17) is 5.73 Å². The van der Waals surface area contributed by atoms with Gasteiger partial charge in [-0.25, -0.2) is 4.39 Å². The first-order chi connectivity index (χ1) is 7.29. The molecule has 2 rings (SSSR count). The molecular weight excluding hydrogens is 211 g/mol. The Morgan fingerprint density at radius 3 is 2.73 bits per heavy atom. The third-order valence-electron chi connectivity index (χ3n) is 2.25. The highest BCUT2D eigenvalue weighted by Gasteiger charge is 2.16. The minimum absolute atomic E-state index is 0.205. The summed E-state index contributed by atoms with van der Waals surface area (Å²) in [4.78, 5) is 0. The van der Waals surface area contributed by atoms with Crippen LogP contribution in [0.15, 0.2) is 29.7 Å². The van der Waals surface area contributed by atoms with Crippen LogP contribution < -0.4 is 11.1 Å². The molecule has 15 heavy (non-hydrogen) atoms. The Morgan fingerprint density at radius 2 is 2.07 bits per heavy atom. The van der Waals surface area contributed by atoms with Crippen LogP contribution in [0.2, 0.25) is 0 Å². The van der Waals surface area contributed by atoms with E-state index in [1.54, 1.807) is 23.9 Å². The molecule has 0 bridgehead atoms. The summed E-state index contributed by atoms with van der Waals surface area (Å²) in [6.07, 6.45) is 0.936. The van der Waals surface area contributed by atoms with Crippen LogP contribution in [-0.4, -0.2) is 11.9 Å². The van der Waals surface area contributed by atoms with Crippen molar-refractivity contribution in [3.63, 3.8) is 0 Å². The molecule has 1 aliphatic rings. The summed E-state index contributed by atoms with van der Waals surface area (Å²) in [5.74, 6) is -0.205. The summed E-state index contributed by atoms with van der Waals surface area (Å²) in [5.41, 5.74) is 7.56. The summed E-state index contributed by atoms with van der Waals surface area (Å²) in [6, 6.07) is 6.50. The van der Waals surface area contributed by atoms with E-state index in [1.165, 1.54) is 12.1 Å². The van der Waals surface area contributed by atoms with Crippen LogP contribution in [0.25, 0.3) is 5.70 Å². The topological polar surface area (TPSA) is 38.0 Å². The molecule has 0 aliphatic carbocycles. The normalized spacial score (nSPS) is 19.9. The van der Waals surface area contributed by atoms with Gasteiger partial charge in [0.05, 0.1) is 5.37 Å². The number of halogens is 1. The molecule has 0 spiro atoms. The van der Waals surface area contributed by atoms with E-state index in [-0.39, 0.29) is 5.82 Å². The average molecular weight is 224 g/mol. The molecule has 0 radical (unpaired) electrons. The van der Waals surface area contributed by atoms with Gasteiger partial charge < -0.3 is 11.1 Å². The number of nitrogens with one attached hydrogen (secondary N) is 1. The summed E-state index contributed by atoms with van der Waals surface area (Å²) in [5, 5.41) is 5.77. The van der Waals surface area contributed by atoms with E-state index >= 15 is 0 Å². The average Bonchev–Trinajstić information content (AvgIpc) is 2.68. The lowest BCUT2D eigenvalue weighted by Crippen LogP contribution is -2.22. The van der Waals surface area contributed by atoms with Crippen LogP contribution in [0.4, 0.5) is 4.39 Å². The summed E-state index contributed by atoms with van der Waals surface area (Å²) < 4.78 is 12.7. The number of hydrogen-bond acceptors (Lipinski definition) is 3. The molecule has 1 aromatic rings. The second-order valence-corrected chi connectivity index (χ2v) is 4.46. The summed E-state index contributed by atoms with van der Waals surface area (Å²) >= 11 is 1.73. The van der Waals surface area contributed by atoms with E-state index in [0.717, 1.165) is 17.7 Å². The van der Waals surface area contributed by atoms with E-state index in [1.807, 2.05) is 0 Å². The molecule has 1 heterocycles. The monoisotopic (exact) mass is 224 g/mol. The molecule has 3 N–H and O–H groups in total. The van der Waals surface area contributed by atoms with E-state index in [0.29, 0.717) is 11.9 Å². The first-order valence-corrected chi connectivity index (χ1v) is 5.82. The first kappa shape index (κ1) is 10.5. The van der Waals surface area contributed by atoms with Crippen molar-refractivity contribution in [2.24, 2.45) is 5.73 Å². The van der Waals surface area contributed by atoms with Gasteiger partial charge in [0.15, 0.2) is 0 Å². The summed E-state index contributed by atoms with van der Waals surface area (Å²) in [6.45, 7) is 0.676. The van der Waals surface area contributed by atoms with Crippen LogP contribution in [-0.2, 0) is 0 Å². The van der Waals surface area contributed by atoms with Gasteiger partial charge in [0, 0.05) is 5.70 Å². The standard InChI is InChI=1S/C11H13FN2S/c12-9-3-1-8(2-4-9)10-7-15-11(14-10)5-6-13/h1-4,7,11,14H,5-6,13H2. The minimum atomic E-state index is -0.205. The van der Waals surface area contributed by atoms with Gasteiger partial charge in [-0.15, -0.1) is 11.8 Å². The van der Waals surface area contributed by atoms with E-state index < -0.39 is 0 Å². The van der Waals surface area contributed by atoms with E-state index in [9.17, 15) is 4.39 Å². The molecule has 0 aromatic heterocycles. The lowest BCUT2D eigenvalue weighted by molar-refractivity contribution is 0.627. The van der Waals surface area contributed by atoms with Gasteiger partial charge in [-0.2, -0.15) is 0 Å². The molecule has 4 heteroatoms. The molecular formula is C11H13FN2S. The lowest BCUT2D eigenvalue weighted by Gasteiger charge is -2.11. The SMILES string of the molecule is NCCC1NC(c2ccc(F)cc2)=CS1. The lowest BCUT2D eigenvalue weighted by atomic mass is 10.2. The number of nitrogens with two attached hydrogens (primary N) is 1. The summed E-state index contributed by atoms with van der Waals surface area (Å²) in [7, 11) is 0. The van der Waals surface area contributed by atoms with Gasteiger partial charge in [0.25, 0.3) is 0 Å². The maximum Gasteiger partial charge on any atom is 0.123 e. The molecule has 1 aliphatic heterocycles. The highest BCUT2D eigenvalue weighted by molar-refractivity contribution is 8.03. The zero-order valence-corrected chi connectivity index (χ0v) is 9.06. The molecule has 0 amide bonds. The fourth-order valence-electron chi connectivity index (χ4n) is 1.46. The Labute approximate surface area is 92.7 Å². The van der Waals surface area contributed by atoms with Crippen molar-refractivity contribution in [1.82, 2.24) is 5.32 Å². The van der Waals surface area contributed by atoms with Crippen LogP contribution in [0.1, 0.15) is 12.0 Å². The molecule has 2 nitrogen and oxygen atoms in total. The maximum atomic E-state index is 12.7.